The zero-order valence-electron chi connectivity index (χ0n) is 21.9. The Morgan fingerprint density at radius 3 is 1.94 bits per heavy atom. The Bertz CT molecular complexity index is 1080. The zero-order chi connectivity index (χ0) is 24.6. The maximum absolute atomic E-state index is 11.0. The summed E-state index contributed by atoms with van der Waals surface area (Å²) >= 11 is 0. The molecule has 180 valence electrons. The van der Waals surface area contributed by atoms with E-state index in [4.69, 9.17) is 0 Å². The molecular formula is C31H41NOSi. The summed E-state index contributed by atoms with van der Waals surface area (Å²) in [5.41, 5.74) is 10.8. The van der Waals surface area contributed by atoms with Crippen LogP contribution in [0.5, 0.6) is 0 Å². The van der Waals surface area contributed by atoms with Crippen molar-refractivity contribution < 1.29 is 4.79 Å². The number of isocyanates is 1. The van der Waals surface area contributed by atoms with Crippen molar-refractivity contribution in [1.82, 2.24) is 0 Å². The monoisotopic (exact) mass is 471 g/mol. The predicted octanol–water partition coefficient (Wildman–Crippen LogP) is 9.09. The van der Waals surface area contributed by atoms with Gasteiger partial charge in [0.05, 0.1) is 5.69 Å². The molecule has 3 heteroatoms. The zero-order valence-corrected chi connectivity index (χ0v) is 22.9. The van der Waals surface area contributed by atoms with Gasteiger partial charge in [-0.2, -0.15) is 4.99 Å². The highest BCUT2D eigenvalue weighted by Crippen LogP contribution is 2.55. The quantitative estimate of drug-likeness (QED) is 0.106. The fraction of sp³-hybridized carbons (Fsp3) is 0.516. The Morgan fingerprint density at radius 1 is 0.794 bits per heavy atom. The second-order valence-corrected chi connectivity index (χ2v) is 15.6. The van der Waals surface area contributed by atoms with Crippen LogP contribution in [0.1, 0.15) is 94.7 Å². The van der Waals surface area contributed by atoms with Crippen molar-refractivity contribution in [2.24, 2.45) is 4.99 Å². The molecule has 1 aliphatic rings. The maximum Gasteiger partial charge on any atom is 0.240 e. The summed E-state index contributed by atoms with van der Waals surface area (Å²) in [6.45, 7) is 11.4. The first-order valence-corrected chi connectivity index (χ1v) is 16.7. The highest BCUT2D eigenvalue weighted by Gasteiger charge is 2.42. The van der Waals surface area contributed by atoms with E-state index in [0.717, 1.165) is 18.4 Å². The van der Waals surface area contributed by atoms with Gasteiger partial charge in [-0.05, 0) is 59.4 Å². The van der Waals surface area contributed by atoms with E-state index >= 15 is 0 Å². The molecule has 0 heterocycles. The lowest BCUT2D eigenvalue weighted by molar-refractivity contribution is 0.401. The molecule has 0 amide bonds. The van der Waals surface area contributed by atoms with Crippen molar-refractivity contribution in [3.05, 3.63) is 53.1 Å². The molecule has 0 bridgehead atoms. The molecule has 0 atom stereocenters. The number of aliphatic imine (C=N–C) groups is 1. The fourth-order valence-corrected chi connectivity index (χ4v) is 5.83. The van der Waals surface area contributed by atoms with Crippen LogP contribution in [0.3, 0.4) is 0 Å². The largest absolute Gasteiger partial charge is 0.240 e. The van der Waals surface area contributed by atoms with Crippen LogP contribution in [0.15, 0.2) is 41.4 Å². The summed E-state index contributed by atoms with van der Waals surface area (Å²) in [6, 6.07) is 13.1. The smallest absolute Gasteiger partial charge is 0.211 e. The van der Waals surface area contributed by atoms with Gasteiger partial charge in [-0.15, -0.1) is 5.54 Å². The van der Waals surface area contributed by atoms with Gasteiger partial charge >= 0.3 is 0 Å². The Morgan fingerprint density at radius 2 is 1.38 bits per heavy atom. The third kappa shape index (κ3) is 6.18. The van der Waals surface area contributed by atoms with Gasteiger partial charge < -0.3 is 0 Å². The molecule has 2 nitrogen and oxygen atoms in total. The summed E-state index contributed by atoms with van der Waals surface area (Å²) in [5, 5.41) is 0. The number of unbranched alkanes of at least 4 members (excludes halogenated alkanes) is 6. The van der Waals surface area contributed by atoms with Gasteiger partial charge in [0.1, 0.15) is 8.07 Å². The molecule has 34 heavy (non-hydrogen) atoms. The second-order valence-electron chi connectivity index (χ2n) is 10.9. The van der Waals surface area contributed by atoms with Crippen LogP contribution in [0, 0.1) is 11.5 Å². The average molecular weight is 472 g/mol. The number of benzene rings is 2. The molecule has 2 aromatic carbocycles. The molecule has 0 aliphatic heterocycles. The molecule has 0 radical (unpaired) electrons. The van der Waals surface area contributed by atoms with E-state index < -0.39 is 8.07 Å². The van der Waals surface area contributed by atoms with E-state index in [1.165, 1.54) is 73.6 Å². The summed E-state index contributed by atoms with van der Waals surface area (Å²) in [7, 11) is -1.45. The van der Waals surface area contributed by atoms with E-state index in [0.29, 0.717) is 5.69 Å². The molecule has 1 aliphatic carbocycles. The van der Waals surface area contributed by atoms with E-state index in [9.17, 15) is 4.79 Å². The predicted molar refractivity (Wildman–Crippen MR) is 148 cm³/mol. The number of rotatable bonds is 11. The molecule has 0 fully saturated rings. The molecule has 0 saturated carbocycles. The molecule has 0 aromatic heterocycles. The first kappa shape index (κ1) is 26.2. The van der Waals surface area contributed by atoms with Crippen molar-refractivity contribution in [3.63, 3.8) is 0 Å². The minimum Gasteiger partial charge on any atom is -0.211 e. The Balaban J connectivity index is 2.15. The second kappa shape index (κ2) is 11.8. The fourth-order valence-electron chi connectivity index (χ4n) is 5.31. The van der Waals surface area contributed by atoms with Crippen LogP contribution in [-0.2, 0) is 10.2 Å². The van der Waals surface area contributed by atoms with Gasteiger partial charge in [0.25, 0.3) is 0 Å². The molecular weight excluding hydrogens is 430 g/mol. The van der Waals surface area contributed by atoms with Gasteiger partial charge in [-0.1, -0.05) is 103 Å². The number of hydrogen-bond acceptors (Lipinski definition) is 2. The maximum atomic E-state index is 11.0. The lowest BCUT2D eigenvalue weighted by Crippen LogP contribution is -2.25. The molecule has 0 spiro atoms. The van der Waals surface area contributed by atoms with E-state index in [2.05, 4.69) is 80.3 Å². The molecule has 0 saturated heterocycles. The van der Waals surface area contributed by atoms with Gasteiger partial charge in [-0.25, -0.2) is 4.79 Å². The van der Waals surface area contributed by atoms with E-state index in [1.54, 1.807) is 6.08 Å². The Labute approximate surface area is 208 Å². The third-order valence-electron chi connectivity index (χ3n) is 7.01. The summed E-state index contributed by atoms with van der Waals surface area (Å²) in [5.74, 6) is 3.51. The highest BCUT2D eigenvalue weighted by atomic mass is 28.3. The van der Waals surface area contributed by atoms with Crippen LogP contribution >= 0.6 is 0 Å². The minimum atomic E-state index is -1.45. The van der Waals surface area contributed by atoms with Gasteiger partial charge in [-0.3, -0.25) is 0 Å². The van der Waals surface area contributed by atoms with Crippen LogP contribution < -0.4 is 0 Å². The van der Waals surface area contributed by atoms with Gasteiger partial charge in [0, 0.05) is 11.0 Å². The van der Waals surface area contributed by atoms with Gasteiger partial charge in [0.15, 0.2) is 0 Å². The molecule has 3 rings (SSSR count). The minimum absolute atomic E-state index is 0.0303. The number of carbonyl (C=O) groups excluding carboxylic acids is 1. The lowest BCUT2D eigenvalue weighted by Gasteiger charge is -2.33. The summed E-state index contributed by atoms with van der Waals surface area (Å²) in [4.78, 5) is 15.0. The van der Waals surface area contributed by atoms with E-state index in [1.807, 2.05) is 6.07 Å². The SMILES string of the molecule is CCCCCCC1(CCCCCC)c2cc(C#C[Si](C)(C)C)ccc2-c2ccc(N=C=O)cc21. The summed E-state index contributed by atoms with van der Waals surface area (Å²) in [6.07, 6.45) is 14.0. The van der Waals surface area contributed by atoms with E-state index in [-0.39, 0.29) is 5.41 Å². The standard InChI is InChI=1S/C31H41NOSi/c1-6-8-10-12-19-31(20-13-11-9-7-2)29-22-25(18-21-34(3,4)5)14-16-27(29)28-17-15-26(32-24-33)23-30(28)31/h14-17,22-23H,6-13,19-20H2,1-5H3. The van der Waals surface area contributed by atoms with Crippen molar-refractivity contribution in [2.45, 2.75) is 103 Å². The first-order valence-electron chi connectivity index (χ1n) is 13.2. The van der Waals surface area contributed by atoms with Crippen molar-refractivity contribution in [2.75, 3.05) is 0 Å². The lowest BCUT2D eigenvalue weighted by atomic mass is 9.70. The Hall–Kier alpha value is -2.40. The van der Waals surface area contributed by atoms with Crippen molar-refractivity contribution in [3.8, 4) is 22.6 Å². The van der Waals surface area contributed by atoms with Crippen molar-refractivity contribution in [1.29, 1.82) is 0 Å². The first-order chi connectivity index (χ1) is 16.3. The van der Waals surface area contributed by atoms with Gasteiger partial charge in [0.2, 0.25) is 6.08 Å². The van der Waals surface area contributed by atoms with Crippen LogP contribution in [0.25, 0.3) is 11.1 Å². The number of nitrogens with zero attached hydrogens (tertiary/aromatic N) is 1. The normalized spacial score (nSPS) is 13.4. The number of hydrogen-bond donors (Lipinski definition) is 0. The molecule has 0 N–H and O–H groups in total. The summed E-state index contributed by atoms with van der Waals surface area (Å²) < 4.78 is 0. The van der Waals surface area contributed by atoms with Crippen LogP contribution in [0.4, 0.5) is 5.69 Å². The Kier molecular flexibility index (Phi) is 9.12. The molecule has 0 unspecified atom stereocenters. The highest BCUT2D eigenvalue weighted by molar-refractivity contribution is 6.83. The molecule has 2 aromatic rings. The third-order valence-corrected chi connectivity index (χ3v) is 7.89. The number of fused-ring (bicyclic) bond motifs is 3. The van der Waals surface area contributed by atoms with Crippen LogP contribution in [0.2, 0.25) is 19.6 Å². The average Bonchev–Trinajstić information content (AvgIpc) is 3.07. The van der Waals surface area contributed by atoms with Crippen LogP contribution in [-0.4, -0.2) is 14.2 Å². The van der Waals surface area contributed by atoms with Crippen molar-refractivity contribution >= 4 is 19.8 Å². The topological polar surface area (TPSA) is 29.4 Å².